The highest BCUT2D eigenvalue weighted by Crippen LogP contribution is 2.37. The number of aliphatic hydroxyl groups excluding tert-OH is 1. The van der Waals surface area contributed by atoms with Gasteiger partial charge >= 0.3 is 6.36 Å². The van der Waals surface area contributed by atoms with E-state index in [1.165, 1.54) is 6.92 Å². The molecule has 1 aromatic heterocycles. The molecule has 0 spiro atoms. The molecule has 0 saturated carbocycles. The van der Waals surface area contributed by atoms with Gasteiger partial charge in [0, 0.05) is 6.42 Å². The number of ether oxygens (including phenoxy) is 1. The van der Waals surface area contributed by atoms with Gasteiger partial charge in [0.25, 0.3) is 11.8 Å². The number of nitrogens with one attached hydrogen (secondary N) is 1. The number of anilines is 1. The summed E-state index contributed by atoms with van der Waals surface area (Å²) in [5, 5.41) is 11.3. The van der Waals surface area contributed by atoms with Crippen LogP contribution in [-0.4, -0.2) is 37.8 Å². The molecule has 2 amide bonds. The van der Waals surface area contributed by atoms with Crippen LogP contribution >= 0.6 is 11.3 Å². The summed E-state index contributed by atoms with van der Waals surface area (Å²) in [5.74, 6) is -2.31. The van der Waals surface area contributed by atoms with Crippen LogP contribution in [0.3, 0.4) is 0 Å². The van der Waals surface area contributed by atoms with E-state index >= 15 is 0 Å². The van der Waals surface area contributed by atoms with Gasteiger partial charge in [-0.2, -0.15) is 0 Å². The number of halogens is 3. The first-order valence-corrected chi connectivity index (χ1v) is 9.94. The lowest BCUT2D eigenvalue weighted by molar-refractivity contribution is -0.306. The van der Waals surface area contributed by atoms with Crippen LogP contribution < -0.4 is 11.1 Å². The lowest BCUT2D eigenvalue weighted by Gasteiger charge is -2.16. The number of carbonyl (C=O) groups excluding carboxylic acids is 2. The third kappa shape index (κ3) is 5.11. The number of hydrogen-bond acceptors (Lipinski definition) is 7. The van der Waals surface area contributed by atoms with Gasteiger partial charge in [-0.25, -0.2) is 8.42 Å². The largest absolute Gasteiger partial charge is 0.572 e. The lowest BCUT2D eigenvalue weighted by atomic mass is 10.1. The fourth-order valence-electron chi connectivity index (χ4n) is 2.18. The Bertz CT molecular complexity index is 961. The van der Waals surface area contributed by atoms with Crippen LogP contribution in [0.1, 0.15) is 30.1 Å². The van der Waals surface area contributed by atoms with E-state index in [0.717, 1.165) is 18.2 Å². The molecule has 0 saturated heterocycles. The molecular weight excluding hydrogens is 425 g/mol. The van der Waals surface area contributed by atoms with Crippen molar-refractivity contribution in [2.45, 2.75) is 36.4 Å². The van der Waals surface area contributed by atoms with Crippen LogP contribution in [0.15, 0.2) is 33.1 Å². The van der Waals surface area contributed by atoms with Crippen molar-refractivity contribution < 1.29 is 41.0 Å². The molecule has 1 aliphatic rings. The monoisotopic (exact) mass is 440 g/mol. The van der Waals surface area contributed by atoms with Gasteiger partial charge in [0.15, 0.2) is 0 Å². The molecule has 1 aromatic rings. The van der Waals surface area contributed by atoms with Crippen LogP contribution in [0.2, 0.25) is 0 Å². The second-order valence-corrected chi connectivity index (χ2v) is 8.94. The van der Waals surface area contributed by atoms with Gasteiger partial charge in [0.1, 0.15) is 21.1 Å². The van der Waals surface area contributed by atoms with E-state index in [1.54, 1.807) is 0 Å². The molecule has 8 nitrogen and oxygen atoms in total. The van der Waals surface area contributed by atoms with E-state index in [-0.39, 0.29) is 32.5 Å². The van der Waals surface area contributed by atoms with Gasteiger partial charge < -0.3 is 20.9 Å². The summed E-state index contributed by atoms with van der Waals surface area (Å²) in [6.07, 6.45) is -4.94. The standard InChI is InChI=1S/C15H15F3N2O6S2/c1-7(21)13(23)20-14-10(12(19)22)6-11(27-14)28(24,25)9-4-2-8(3-5-9)26-15(16,17)18/h2,4,6-7,21H,3,5H2,1H3,(H2,19,22)(H,20,23)/t7-/m0/s1. The van der Waals surface area contributed by atoms with Crippen molar-refractivity contribution in [3.63, 3.8) is 0 Å². The summed E-state index contributed by atoms with van der Waals surface area (Å²) in [5.41, 5.74) is 4.92. The first-order chi connectivity index (χ1) is 12.8. The maximum Gasteiger partial charge on any atom is 0.572 e. The van der Waals surface area contributed by atoms with Crippen LogP contribution in [0.5, 0.6) is 0 Å². The minimum Gasteiger partial charge on any atom is -0.410 e. The molecule has 1 aliphatic carbocycles. The molecule has 0 aromatic carbocycles. The quantitative estimate of drug-likeness (QED) is 0.619. The van der Waals surface area contributed by atoms with Crippen molar-refractivity contribution in [2.24, 2.45) is 5.73 Å². The van der Waals surface area contributed by atoms with Crippen molar-refractivity contribution >= 4 is 38.0 Å². The zero-order valence-corrected chi connectivity index (χ0v) is 15.9. The van der Waals surface area contributed by atoms with Gasteiger partial charge in [-0.05, 0) is 31.6 Å². The summed E-state index contributed by atoms with van der Waals surface area (Å²) >= 11 is 0.540. The first kappa shape index (κ1) is 21.9. The van der Waals surface area contributed by atoms with Gasteiger partial charge in [0.2, 0.25) is 9.84 Å². The molecule has 0 radical (unpaired) electrons. The van der Waals surface area contributed by atoms with Gasteiger partial charge in [-0.15, -0.1) is 24.5 Å². The third-order valence-electron chi connectivity index (χ3n) is 3.52. The summed E-state index contributed by atoms with van der Waals surface area (Å²) in [6.45, 7) is 1.17. The average Bonchev–Trinajstić information content (AvgIpc) is 2.98. The number of amides is 2. The Morgan fingerprint density at radius 1 is 1.32 bits per heavy atom. The summed E-state index contributed by atoms with van der Waals surface area (Å²) in [7, 11) is -4.14. The Balaban J connectivity index is 2.36. The lowest BCUT2D eigenvalue weighted by Crippen LogP contribution is -2.25. The van der Waals surface area contributed by atoms with Crippen molar-refractivity contribution in [3.05, 3.63) is 34.4 Å². The molecule has 28 heavy (non-hydrogen) atoms. The molecule has 2 rings (SSSR count). The number of allylic oxidation sites excluding steroid dienone is 4. The molecular formula is C15H15F3N2O6S2. The van der Waals surface area contributed by atoms with Crippen molar-refractivity contribution in [1.29, 1.82) is 0 Å². The van der Waals surface area contributed by atoms with Crippen LogP contribution in [0.25, 0.3) is 0 Å². The molecule has 1 heterocycles. The van der Waals surface area contributed by atoms with Gasteiger partial charge in [-0.3, -0.25) is 9.59 Å². The topological polar surface area (TPSA) is 136 Å². The predicted molar refractivity (Wildman–Crippen MR) is 92.9 cm³/mol. The number of carbonyl (C=O) groups is 2. The molecule has 0 bridgehead atoms. The van der Waals surface area contributed by atoms with Crippen LogP contribution in [0, 0.1) is 0 Å². The Labute approximate surface area is 161 Å². The summed E-state index contributed by atoms with van der Waals surface area (Å²) in [6, 6.07) is 0.965. The van der Waals surface area contributed by atoms with E-state index in [2.05, 4.69) is 10.1 Å². The molecule has 154 valence electrons. The smallest absolute Gasteiger partial charge is 0.410 e. The normalized spacial score (nSPS) is 16.0. The molecule has 0 fully saturated rings. The van der Waals surface area contributed by atoms with Crippen LogP contribution in [0.4, 0.5) is 18.2 Å². The SMILES string of the molecule is C[C@H](O)C(=O)Nc1sc(S(=O)(=O)C2=CC=C(OC(F)(F)F)CC2)cc1C(N)=O. The maximum absolute atomic E-state index is 12.7. The number of rotatable bonds is 6. The van der Waals surface area contributed by atoms with Crippen molar-refractivity contribution in [1.82, 2.24) is 0 Å². The van der Waals surface area contributed by atoms with Crippen molar-refractivity contribution in [3.8, 4) is 0 Å². The fourth-order valence-corrected chi connectivity index (χ4v) is 5.14. The van der Waals surface area contributed by atoms with Gasteiger partial charge in [-0.1, -0.05) is 0 Å². The molecule has 0 aliphatic heterocycles. The maximum atomic E-state index is 12.7. The number of aliphatic hydroxyl groups is 1. The van der Waals surface area contributed by atoms with Crippen molar-refractivity contribution in [2.75, 3.05) is 5.32 Å². The predicted octanol–water partition coefficient (Wildman–Crippen LogP) is 2.04. The minimum absolute atomic E-state index is 0.162. The molecule has 13 heteroatoms. The van der Waals surface area contributed by atoms with E-state index in [9.17, 15) is 36.3 Å². The Morgan fingerprint density at radius 3 is 2.43 bits per heavy atom. The Hall–Kier alpha value is -2.38. The van der Waals surface area contributed by atoms with Crippen LogP contribution in [-0.2, 0) is 19.4 Å². The summed E-state index contributed by atoms with van der Waals surface area (Å²) in [4.78, 5) is 23.0. The molecule has 0 unspecified atom stereocenters. The zero-order chi connectivity index (χ0) is 21.3. The second-order valence-electron chi connectivity index (χ2n) is 5.65. The Morgan fingerprint density at radius 2 is 1.96 bits per heavy atom. The highest BCUT2D eigenvalue weighted by Gasteiger charge is 2.34. The number of hydrogen-bond donors (Lipinski definition) is 3. The van der Waals surface area contributed by atoms with E-state index in [4.69, 9.17) is 5.73 Å². The highest BCUT2D eigenvalue weighted by atomic mass is 32.2. The first-order valence-electron chi connectivity index (χ1n) is 7.64. The average molecular weight is 440 g/mol. The molecule has 1 atom stereocenters. The highest BCUT2D eigenvalue weighted by molar-refractivity contribution is 7.97. The molecule has 4 N–H and O–H groups in total. The number of primary amides is 1. The zero-order valence-electron chi connectivity index (χ0n) is 14.2. The third-order valence-corrected chi connectivity index (χ3v) is 6.95. The van der Waals surface area contributed by atoms with Gasteiger partial charge in [0.05, 0.1) is 10.5 Å². The summed E-state index contributed by atoms with van der Waals surface area (Å²) < 4.78 is 65.5. The van der Waals surface area contributed by atoms with E-state index in [1.807, 2.05) is 0 Å². The second kappa shape index (κ2) is 7.93. The number of nitrogens with two attached hydrogens (primary N) is 1. The Kier molecular flexibility index (Phi) is 6.21. The minimum atomic E-state index is -4.88. The van der Waals surface area contributed by atoms with E-state index in [0.29, 0.717) is 11.3 Å². The fraction of sp³-hybridized carbons (Fsp3) is 0.333. The number of sulfone groups is 1. The van der Waals surface area contributed by atoms with E-state index < -0.39 is 39.9 Å². The number of thiophene rings is 1. The number of alkyl halides is 3.